The zero-order chi connectivity index (χ0) is 28.3. The minimum Gasteiger partial charge on any atom is -0.309 e. The summed E-state index contributed by atoms with van der Waals surface area (Å²) in [5.41, 5.74) is 7.73. The summed E-state index contributed by atoms with van der Waals surface area (Å²) in [7, 11) is -3.65. The number of aromatic nitrogens is 2. The number of hydrogen-bond donors (Lipinski definition) is 0. The van der Waals surface area contributed by atoms with E-state index < -0.39 is 10.0 Å². The monoisotopic (exact) mass is 562 g/mol. The standard InChI is InChI=1S/C37H26N2O2S/c40-42(41,25-26-10-2-1-3-11-26)39-36-17-9-6-14-32(36)33-24-28(20-23-37(33)39)27-18-21-29(22-19-27)38-34-15-7-4-12-30(34)31-13-5-8-16-35(31)38/h1-24H,25H2. The van der Waals surface area contributed by atoms with E-state index in [4.69, 9.17) is 0 Å². The second-order valence-corrected chi connectivity index (χ2v) is 12.5. The normalized spacial score (nSPS) is 12.1. The highest BCUT2D eigenvalue weighted by Gasteiger charge is 2.22. The number of nitrogens with zero attached hydrogens (tertiary/aromatic N) is 2. The van der Waals surface area contributed by atoms with E-state index >= 15 is 0 Å². The Balaban J connectivity index is 1.24. The Kier molecular flexibility index (Phi) is 5.56. The smallest absolute Gasteiger partial charge is 0.243 e. The molecule has 8 aromatic rings. The first-order chi connectivity index (χ1) is 20.6. The van der Waals surface area contributed by atoms with Gasteiger partial charge in [0.1, 0.15) is 0 Å². The van der Waals surface area contributed by atoms with Crippen LogP contribution in [0.3, 0.4) is 0 Å². The molecule has 0 fully saturated rings. The summed E-state index contributed by atoms with van der Waals surface area (Å²) in [5.74, 6) is -0.0619. The molecule has 0 amide bonds. The third-order valence-electron chi connectivity index (χ3n) is 8.14. The Labute approximate surface area is 243 Å². The van der Waals surface area contributed by atoms with Crippen LogP contribution in [0.4, 0.5) is 0 Å². The van der Waals surface area contributed by atoms with Gasteiger partial charge in [0.25, 0.3) is 0 Å². The number of benzene rings is 6. The molecule has 42 heavy (non-hydrogen) atoms. The van der Waals surface area contributed by atoms with Crippen molar-refractivity contribution in [2.24, 2.45) is 0 Å². The maximum absolute atomic E-state index is 13.7. The molecule has 4 nitrogen and oxygen atoms in total. The van der Waals surface area contributed by atoms with E-state index in [9.17, 15) is 8.42 Å². The van der Waals surface area contributed by atoms with Crippen LogP contribution in [-0.2, 0) is 15.8 Å². The van der Waals surface area contributed by atoms with Crippen molar-refractivity contribution in [1.29, 1.82) is 0 Å². The first-order valence-corrected chi connectivity index (χ1v) is 15.6. The summed E-state index contributed by atoms with van der Waals surface area (Å²) < 4.78 is 31.3. The van der Waals surface area contributed by atoms with Gasteiger partial charge in [-0.3, -0.25) is 0 Å². The summed E-state index contributed by atoms with van der Waals surface area (Å²) in [6.07, 6.45) is 0. The Morgan fingerprint density at radius 3 is 1.60 bits per heavy atom. The van der Waals surface area contributed by atoms with Crippen LogP contribution in [0.15, 0.2) is 146 Å². The second-order valence-electron chi connectivity index (χ2n) is 10.7. The fourth-order valence-electron chi connectivity index (χ4n) is 6.27. The fourth-order valence-corrected chi connectivity index (χ4v) is 7.93. The zero-order valence-electron chi connectivity index (χ0n) is 22.7. The van der Waals surface area contributed by atoms with Crippen LogP contribution in [0, 0.1) is 0 Å². The summed E-state index contributed by atoms with van der Waals surface area (Å²) in [4.78, 5) is 0. The molecule has 0 radical (unpaired) electrons. The average molecular weight is 563 g/mol. The third-order valence-corrected chi connectivity index (χ3v) is 9.79. The average Bonchev–Trinajstić information content (AvgIpc) is 3.55. The van der Waals surface area contributed by atoms with Crippen LogP contribution in [0.25, 0.3) is 60.4 Å². The van der Waals surface area contributed by atoms with Crippen LogP contribution in [0.1, 0.15) is 5.56 Å². The molecule has 0 N–H and O–H groups in total. The Morgan fingerprint density at radius 2 is 0.952 bits per heavy atom. The molecule has 2 aromatic heterocycles. The predicted octanol–water partition coefficient (Wildman–Crippen LogP) is 8.94. The SMILES string of the molecule is O=S(=O)(Cc1ccccc1)n1c2ccccc2c2cc(-c3ccc(-n4c5ccccc5c5ccccc54)cc3)ccc21. The van der Waals surface area contributed by atoms with E-state index in [-0.39, 0.29) is 5.75 Å². The van der Waals surface area contributed by atoms with Crippen molar-refractivity contribution in [3.05, 3.63) is 151 Å². The molecule has 0 saturated carbocycles. The van der Waals surface area contributed by atoms with Crippen molar-refractivity contribution in [2.75, 3.05) is 0 Å². The highest BCUT2D eigenvalue weighted by molar-refractivity contribution is 7.89. The van der Waals surface area contributed by atoms with E-state index in [1.165, 1.54) is 25.8 Å². The molecule has 6 aromatic carbocycles. The van der Waals surface area contributed by atoms with Gasteiger partial charge in [0.2, 0.25) is 10.0 Å². The van der Waals surface area contributed by atoms with Gasteiger partial charge in [-0.05, 0) is 59.2 Å². The van der Waals surface area contributed by atoms with Crippen LogP contribution in [0.5, 0.6) is 0 Å². The first-order valence-electron chi connectivity index (χ1n) is 14.0. The largest absolute Gasteiger partial charge is 0.309 e. The molecule has 0 unspecified atom stereocenters. The van der Waals surface area contributed by atoms with Gasteiger partial charge in [-0.2, -0.15) is 0 Å². The molecule has 0 spiro atoms. The number of fused-ring (bicyclic) bond motifs is 6. The van der Waals surface area contributed by atoms with Gasteiger partial charge in [-0.15, -0.1) is 0 Å². The van der Waals surface area contributed by atoms with Crippen molar-refractivity contribution in [2.45, 2.75) is 5.75 Å². The van der Waals surface area contributed by atoms with Crippen LogP contribution >= 0.6 is 0 Å². The minimum absolute atomic E-state index is 0.0619. The van der Waals surface area contributed by atoms with Gasteiger partial charge in [-0.1, -0.05) is 103 Å². The van der Waals surface area contributed by atoms with Crippen LogP contribution in [-0.4, -0.2) is 17.0 Å². The molecular weight excluding hydrogens is 536 g/mol. The molecule has 0 aliphatic heterocycles. The molecular formula is C37H26N2O2S. The highest BCUT2D eigenvalue weighted by atomic mass is 32.2. The molecule has 0 saturated heterocycles. The maximum atomic E-state index is 13.7. The van der Waals surface area contributed by atoms with Gasteiger partial charge in [-0.25, -0.2) is 12.4 Å². The Bertz CT molecular complexity index is 2330. The molecule has 0 aliphatic carbocycles. The summed E-state index contributed by atoms with van der Waals surface area (Å²) in [6.45, 7) is 0. The van der Waals surface area contributed by atoms with Crippen molar-refractivity contribution >= 4 is 53.6 Å². The number of rotatable bonds is 5. The summed E-state index contributed by atoms with van der Waals surface area (Å²) in [5, 5.41) is 4.32. The van der Waals surface area contributed by atoms with E-state index in [1.54, 1.807) is 0 Å². The lowest BCUT2D eigenvalue weighted by molar-refractivity contribution is 0.589. The van der Waals surface area contributed by atoms with Crippen molar-refractivity contribution in [3.63, 3.8) is 0 Å². The van der Waals surface area contributed by atoms with Gasteiger partial charge in [0.15, 0.2) is 0 Å². The van der Waals surface area contributed by atoms with Gasteiger partial charge >= 0.3 is 0 Å². The van der Waals surface area contributed by atoms with Gasteiger partial charge < -0.3 is 4.57 Å². The van der Waals surface area contributed by atoms with E-state index in [0.29, 0.717) is 11.0 Å². The number of hydrogen-bond acceptors (Lipinski definition) is 2. The third kappa shape index (κ3) is 3.85. The lowest BCUT2D eigenvalue weighted by Crippen LogP contribution is -2.14. The fraction of sp³-hybridized carbons (Fsp3) is 0.0270. The molecule has 202 valence electrons. The second kappa shape index (κ2) is 9.47. The van der Waals surface area contributed by atoms with Crippen LogP contribution < -0.4 is 0 Å². The first kappa shape index (κ1) is 24.6. The van der Waals surface area contributed by atoms with Crippen molar-refractivity contribution in [3.8, 4) is 16.8 Å². The topological polar surface area (TPSA) is 44.0 Å². The maximum Gasteiger partial charge on any atom is 0.243 e. The van der Waals surface area contributed by atoms with E-state index in [1.807, 2.05) is 66.7 Å². The number of para-hydroxylation sites is 3. The quantitative estimate of drug-likeness (QED) is 0.210. The molecule has 0 atom stereocenters. The lowest BCUT2D eigenvalue weighted by Gasteiger charge is -2.11. The Morgan fingerprint density at radius 1 is 0.452 bits per heavy atom. The van der Waals surface area contributed by atoms with E-state index in [0.717, 1.165) is 33.2 Å². The van der Waals surface area contributed by atoms with E-state index in [2.05, 4.69) is 83.4 Å². The molecule has 2 heterocycles. The zero-order valence-corrected chi connectivity index (χ0v) is 23.5. The minimum atomic E-state index is -3.65. The molecule has 0 bridgehead atoms. The van der Waals surface area contributed by atoms with Crippen molar-refractivity contribution < 1.29 is 8.42 Å². The summed E-state index contributed by atoms with van der Waals surface area (Å²) in [6, 6.07) is 48.8. The molecule has 8 rings (SSSR count). The predicted molar refractivity (Wildman–Crippen MR) is 174 cm³/mol. The van der Waals surface area contributed by atoms with Crippen LogP contribution in [0.2, 0.25) is 0 Å². The van der Waals surface area contributed by atoms with Gasteiger partial charge in [0, 0.05) is 27.2 Å². The van der Waals surface area contributed by atoms with Crippen molar-refractivity contribution in [1.82, 2.24) is 8.54 Å². The molecule has 0 aliphatic rings. The van der Waals surface area contributed by atoms with Gasteiger partial charge in [0.05, 0.1) is 27.8 Å². The summed E-state index contributed by atoms with van der Waals surface area (Å²) >= 11 is 0. The highest BCUT2D eigenvalue weighted by Crippen LogP contribution is 2.36. The Hall–Kier alpha value is -5.13. The lowest BCUT2D eigenvalue weighted by atomic mass is 10.0. The molecule has 5 heteroatoms.